The summed E-state index contributed by atoms with van der Waals surface area (Å²) in [4.78, 5) is 0. The molecule has 0 bridgehead atoms. The van der Waals surface area contributed by atoms with E-state index in [2.05, 4.69) is 12.6 Å². The van der Waals surface area contributed by atoms with E-state index in [4.69, 9.17) is 27.5 Å². The smallest absolute Gasteiger partial charge is 0.379 e. The van der Waals surface area contributed by atoms with E-state index in [0.717, 1.165) is 18.2 Å². The Morgan fingerprint density at radius 2 is 1.04 bits per heavy atom. The minimum Gasteiger partial charge on any atom is -0.379 e. The second kappa shape index (κ2) is 17.2. The van der Waals surface area contributed by atoms with Crippen molar-refractivity contribution < 1.29 is 27.5 Å². The summed E-state index contributed by atoms with van der Waals surface area (Å²) in [5.74, 6) is 0.771. The number of hydrogen-bond donors (Lipinski definition) is 1. The first-order valence-electron chi connectivity index (χ1n) is 8.50. The van der Waals surface area contributed by atoms with Gasteiger partial charge in [0, 0.05) is 25.9 Å². The van der Waals surface area contributed by atoms with Gasteiger partial charge in [0.1, 0.15) is 0 Å². The second-order valence-electron chi connectivity index (χ2n) is 4.65. The molecule has 0 aromatic heterocycles. The van der Waals surface area contributed by atoms with Crippen LogP contribution in [0.5, 0.6) is 0 Å². The molecular formula is C15H34O6SSi. The molecule has 0 amide bonds. The van der Waals surface area contributed by atoms with Crippen molar-refractivity contribution >= 4 is 21.4 Å². The first-order valence-corrected chi connectivity index (χ1v) is 11.1. The summed E-state index contributed by atoms with van der Waals surface area (Å²) >= 11 is 4.29. The normalized spacial score (nSPS) is 12.0. The van der Waals surface area contributed by atoms with Gasteiger partial charge in [-0.05, 0) is 32.9 Å². The lowest BCUT2D eigenvalue weighted by atomic mass is 10.6. The molecule has 0 rings (SSSR count). The zero-order valence-electron chi connectivity index (χ0n) is 14.9. The van der Waals surface area contributed by atoms with Crippen LogP contribution >= 0.6 is 12.6 Å². The standard InChI is InChI=1S/C15H34O6SSi/c1-4-16-8-11-19-23(15-7-14-22,20-12-9-17-5-2)21-13-10-18-6-3/h22H,4-15H2,1-3H3. The molecule has 0 heterocycles. The van der Waals surface area contributed by atoms with Crippen LogP contribution < -0.4 is 0 Å². The van der Waals surface area contributed by atoms with Crippen molar-refractivity contribution in [3.63, 3.8) is 0 Å². The molecule has 0 atom stereocenters. The van der Waals surface area contributed by atoms with Crippen molar-refractivity contribution in [2.24, 2.45) is 0 Å². The summed E-state index contributed by atoms with van der Waals surface area (Å²) in [5.41, 5.74) is 0. The van der Waals surface area contributed by atoms with Gasteiger partial charge in [-0.15, -0.1) is 0 Å². The number of thiol groups is 1. The van der Waals surface area contributed by atoms with Crippen LogP contribution in [0.3, 0.4) is 0 Å². The van der Waals surface area contributed by atoms with Crippen molar-refractivity contribution in [3.8, 4) is 0 Å². The van der Waals surface area contributed by atoms with Gasteiger partial charge in [-0.3, -0.25) is 0 Å². The predicted molar refractivity (Wildman–Crippen MR) is 96.4 cm³/mol. The van der Waals surface area contributed by atoms with Crippen molar-refractivity contribution in [1.29, 1.82) is 0 Å². The molecule has 8 heteroatoms. The quantitative estimate of drug-likeness (QED) is 0.227. The summed E-state index contributed by atoms with van der Waals surface area (Å²) in [5, 5.41) is 0. The summed E-state index contributed by atoms with van der Waals surface area (Å²) in [7, 11) is -2.76. The van der Waals surface area contributed by atoms with Gasteiger partial charge in [0.05, 0.1) is 39.6 Å². The molecule has 0 aliphatic heterocycles. The average molecular weight is 371 g/mol. The lowest BCUT2D eigenvalue weighted by Gasteiger charge is -2.29. The Balaban J connectivity index is 4.51. The number of rotatable bonds is 18. The third kappa shape index (κ3) is 13.3. The van der Waals surface area contributed by atoms with E-state index < -0.39 is 8.80 Å². The van der Waals surface area contributed by atoms with E-state index in [1.54, 1.807) is 0 Å². The highest BCUT2D eigenvalue weighted by atomic mass is 32.1. The third-order valence-electron chi connectivity index (χ3n) is 2.90. The first-order chi connectivity index (χ1) is 11.2. The highest BCUT2D eigenvalue weighted by molar-refractivity contribution is 7.80. The molecule has 0 aromatic rings. The predicted octanol–water partition coefficient (Wildman–Crippen LogP) is 2.40. The Morgan fingerprint density at radius 1 is 0.652 bits per heavy atom. The van der Waals surface area contributed by atoms with Gasteiger partial charge in [-0.25, -0.2) is 0 Å². The van der Waals surface area contributed by atoms with E-state index in [1.807, 2.05) is 20.8 Å². The highest BCUT2D eigenvalue weighted by Crippen LogP contribution is 2.19. The molecule has 0 unspecified atom stereocenters. The highest BCUT2D eigenvalue weighted by Gasteiger charge is 2.40. The van der Waals surface area contributed by atoms with Crippen molar-refractivity contribution in [3.05, 3.63) is 0 Å². The fourth-order valence-electron chi connectivity index (χ4n) is 1.84. The minimum atomic E-state index is -2.76. The average Bonchev–Trinajstić information content (AvgIpc) is 2.57. The van der Waals surface area contributed by atoms with Gasteiger partial charge in [0.2, 0.25) is 0 Å². The van der Waals surface area contributed by atoms with Crippen molar-refractivity contribution in [1.82, 2.24) is 0 Å². The maximum Gasteiger partial charge on any atom is 0.501 e. The van der Waals surface area contributed by atoms with Crippen LogP contribution in [-0.4, -0.2) is 74.0 Å². The lowest BCUT2D eigenvalue weighted by Crippen LogP contribution is -2.48. The molecule has 23 heavy (non-hydrogen) atoms. The maximum absolute atomic E-state index is 6.02. The Labute approximate surface area is 147 Å². The van der Waals surface area contributed by atoms with E-state index >= 15 is 0 Å². The molecule has 0 saturated heterocycles. The zero-order chi connectivity index (χ0) is 17.2. The van der Waals surface area contributed by atoms with Crippen LogP contribution in [0.1, 0.15) is 27.2 Å². The number of hydrogen-bond acceptors (Lipinski definition) is 7. The van der Waals surface area contributed by atoms with Gasteiger partial charge in [-0.2, -0.15) is 12.6 Å². The van der Waals surface area contributed by atoms with Crippen LogP contribution in [0, 0.1) is 0 Å². The molecule has 0 fully saturated rings. The SMILES string of the molecule is CCOCCO[Si](CCCS)(OCCOCC)OCCOCC. The van der Waals surface area contributed by atoms with Gasteiger partial charge < -0.3 is 27.5 Å². The van der Waals surface area contributed by atoms with E-state index in [9.17, 15) is 0 Å². The van der Waals surface area contributed by atoms with Crippen LogP contribution in [0.25, 0.3) is 0 Å². The summed E-state index contributed by atoms with van der Waals surface area (Å²) in [6.07, 6.45) is 0.882. The lowest BCUT2D eigenvalue weighted by molar-refractivity contribution is 0.00347. The Kier molecular flexibility index (Phi) is 17.4. The summed E-state index contributed by atoms with van der Waals surface area (Å²) < 4.78 is 34.1. The molecule has 0 radical (unpaired) electrons. The summed E-state index contributed by atoms with van der Waals surface area (Å²) in [6.45, 7) is 10.9. The van der Waals surface area contributed by atoms with Crippen molar-refractivity contribution in [2.45, 2.75) is 33.2 Å². The zero-order valence-corrected chi connectivity index (χ0v) is 16.8. The first kappa shape index (κ1) is 23.3. The topological polar surface area (TPSA) is 55.4 Å². The van der Waals surface area contributed by atoms with Crippen LogP contribution in [0.4, 0.5) is 0 Å². The third-order valence-corrected chi connectivity index (χ3v) is 6.12. The minimum absolute atomic E-state index is 0.468. The fraction of sp³-hybridized carbons (Fsp3) is 1.00. The number of ether oxygens (including phenoxy) is 3. The fourth-order valence-corrected chi connectivity index (χ4v) is 4.77. The van der Waals surface area contributed by atoms with E-state index in [1.165, 1.54) is 0 Å². The Morgan fingerprint density at radius 3 is 1.35 bits per heavy atom. The van der Waals surface area contributed by atoms with Gasteiger partial charge in [-0.1, -0.05) is 0 Å². The molecule has 0 aliphatic carbocycles. The molecule has 6 nitrogen and oxygen atoms in total. The van der Waals surface area contributed by atoms with Gasteiger partial charge >= 0.3 is 8.80 Å². The van der Waals surface area contributed by atoms with Crippen molar-refractivity contribution in [2.75, 3.05) is 65.2 Å². The maximum atomic E-state index is 6.02. The largest absolute Gasteiger partial charge is 0.501 e. The molecule has 0 saturated carbocycles. The van der Waals surface area contributed by atoms with Crippen LogP contribution in [0.15, 0.2) is 0 Å². The molecular weight excluding hydrogens is 336 g/mol. The van der Waals surface area contributed by atoms with Gasteiger partial charge in [0.15, 0.2) is 0 Å². The summed E-state index contributed by atoms with van der Waals surface area (Å²) in [6, 6.07) is 0.737. The molecule has 0 aliphatic rings. The Bertz CT molecular complexity index is 217. The molecule has 0 spiro atoms. The Hall–Kier alpha value is 0.327. The van der Waals surface area contributed by atoms with Crippen LogP contribution in [-0.2, 0) is 27.5 Å². The van der Waals surface area contributed by atoms with E-state index in [0.29, 0.717) is 59.5 Å². The van der Waals surface area contributed by atoms with Gasteiger partial charge in [0.25, 0.3) is 0 Å². The molecule has 0 aromatic carbocycles. The van der Waals surface area contributed by atoms with Crippen LogP contribution in [0.2, 0.25) is 6.04 Å². The molecule has 140 valence electrons. The van der Waals surface area contributed by atoms with E-state index in [-0.39, 0.29) is 0 Å². The monoisotopic (exact) mass is 370 g/mol. The second-order valence-corrected chi connectivity index (χ2v) is 7.83. The molecule has 0 N–H and O–H groups in total.